The predicted molar refractivity (Wildman–Crippen MR) is 126 cm³/mol. The van der Waals surface area contributed by atoms with Crippen molar-refractivity contribution in [2.45, 2.75) is 63.6 Å². The zero-order chi connectivity index (χ0) is 22.9. The summed E-state index contributed by atoms with van der Waals surface area (Å²) in [5.74, 6) is -0.438. The molecular formula is C22H28Cl2N5O2S+. The van der Waals surface area contributed by atoms with E-state index in [-0.39, 0.29) is 22.9 Å². The molecule has 32 heavy (non-hydrogen) atoms. The van der Waals surface area contributed by atoms with Crippen LogP contribution in [-0.2, 0) is 16.1 Å². The third-order valence-corrected chi connectivity index (χ3v) is 8.19. The molecule has 10 heteroatoms. The molecule has 2 fully saturated rings. The maximum absolute atomic E-state index is 14.0. The lowest BCUT2D eigenvalue weighted by atomic mass is 9.83. The maximum atomic E-state index is 14.0. The minimum Gasteiger partial charge on any atom is -0.364 e. The number of primary amides is 1. The van der Waals surface area contributed by atoms with Crippen LogP contribution in [0.3, 0.4) is 0 Å². The summed E-state index contributed by atoms with van der Waals surface area (Å²) in [7, 11) is 0. The van der Waals surface area contributed by atoms with Crippen molar-refractivity contribution in [3.05, 3.63) is 33.9 Å². The number of halogens is 2. The molecule has 4 N–H and O–H groups in total. The molecule has 1 aromatic heterocycles. The van der Waals surface area contributed by atoms with E-state index < -0.39 is 18.0 Å². The first kappa shape index (κ1) is 23.6. The van der Waals surface area contributed by atoms with E-state index in [9.17, 15) is 9.59 Å². The van der Waals surface area contributed by atoms with E-state index >= 15 is 0 Å². The lowest BCUT2D eigenvalue weighted by Crippen LogP contribution is -2.65. The van der Waals surface area contributed by atoms with E-state index in [4.69, 9.17) is 34.7 Å². The predicted octanol–water partition coefficient (Wildman–Crippen LogP) is 3.91. The van der Waals surface area contributed by atoms with Crippen LogP contribution in [0.25, 0.3) is 11.3 Å². The number of hydrogen-bond acceptors (Lipinski definition) is 6. The van der Waals surface area contributed by atoms with Crippen LogP contribution in [0.1, 0.15) is 50.5 Å². The van der Waals surface area contributed by atoms with Crippen molar-refractivity contribution in [3.8, 4) is 11.3 Å². The minimum absolute atomic E-state index is 0.0739. The van der Waals surface area contributed by atoms with Gasteiger partial charge in [-0.2, -0.15) is 8.75 Å². The van der Waals surface area contributed by atoms with Crippen LogP contribution in [0.2, 0.25) is 10.2 Å². The highest BCUT2D eigenvalue weighted by atomic mass is 35.5. The second-order valence-electron chi connectivity index (χ2n) is 8.94. The molecule has 3 atom stereocenters. The maximum Gasteiger partial charge on any atom is 0.331 e. The second-order valence-corrected chi connectivity index (χ2v) is 10.3. The molecule has 2 amide bonds. The molecule has 2 aromatic rings. The highest BCUT2D eigenvalue weighted by Crippen LogP contribution is 2.38. The van der Waals surface area contributed by atoms with Gasteiger partial charge in [-0.3, -0.25) is 4.79 Å². The quantitative estimate of drug-likeness (QED) is 0.588. The smallest absolute Gasteiger partial charge is 0.331 e. The molecule has 1 aromatic carbocycles. The van der Waals surface area contributed by atoms with Crippen LogP contribution in [0.5, 0.6) is 0 Å². The van der Waals surface area contributed by atoms with Gasteiger partial charge in [-0.15, -0.1) is 0 Å². The average Bonchev–Trinajstić information content (AvgIpc) is 3.40. The Morgan fingerprint density at radius 1 is 1.12 bits per heavy atom. The molecule has 0 bridgehead atoms. The summed E-state index contributed by atoms with van der Waals surface area (Å²) < 4.78 is 8.32. The number of aromatic nitrogens is 2. The first-order valence-corrected chi connectivity index (χ1v) is 12.5. The molecule has 7 nitrogen and oxygen atoms in total. The van der Waals surface area contributed by atoms with Crippen molar-refractivity contribution in [3.63, 3.8) is 0 Å². The van der Waals surface area contributed by atoms with Gasteiger partial charge in [-0.05, 0) is 30.9 Å². The number of carbonyl (C=O) groups is 2. The molecule has 1 saturated carbocycles. The Bertz CT molecular complexity index is 1010. The Labute approximate surface area is 202 Å². The van der Waals surface area contributed by atoms with Crippen LogP contribution >= 0.6 is 34.9 Å². The zero-order valence-corrected chi connectivity index (χ0v) is 20.1. The fourth-order valence-electron chi connectivity index (χ4n) is 5.44. The van der Waals surface area contributed by atoms with Crippen molar-refractivity contribution in [2.24, 2.45) is 17.4 Å². The van der Waals surface area contributed by atoms with Gasteiger partial charge in [0, 0.05) is 29.0 Å². The highest BCUT2D eigenvalue weighted by Gasteiger charge is 2.53. The fourth-order valence-corrected chi connectivity index (χ4v) is 6.39. The fraction of sp³-hybridized carbons (Fsp3) is 0.545. The molecule has 172 valence electrons. The van der Waals surface area contributed by atoms with Gasteiger partial charge in [0.25, 0.3) is 5.91 Å². The monoisotopic (exact) mass is 496 g/mol. The molecule has 4 rings (SSSR count). The summed E-state index contributed by atoms with van der Waals surface area (Å²) >= 11 is 13.6. The molecule has 1 aliphatic carbocycles. The Balaban J connectivity index is 1.76. The van der Waals surface area contributed by atoms with Gasteiger partial charge in [-0.1, -0.05) is 48.5 Å². The van der Waals surface area contributed by atoms with Crippen LogP contribution in [0.15, 0.2) is 18.2 Å². The third kappa shape index (κ3) is 4.43. The summed E-state index contributed by atoms with van der Waals surface area (Å²) in [6.07, 6.45) is 6.51. The number of nitrogens with two attached hydrogens (primary N) is 2. The topological polar surface area (TPSA) is 112 Å². The van der Waals surface area contributed by atoms with Gasteiger partial charge in [0.2, 0.25) is 0 Å². The number of hydrogen-bond donors (Lipinski definition) is 2. The van der Waals surface area contributed by atoms with Crippen LogP contribution < -0.4 is 11.5 Å². The molecular weight excluding hydrogens is 469 g/mol. The third-order valence-electron chi connectivity index (χ3n) is 7.06. The second kappa shape index (κ2) is 9.73. The zero-order valence-electron chi connectivity index (χ0n) is 17.8. The molecule has 1 aliphatic heterocycles. The number of quaternary nitrogens is 1. The highest BCUT2D eigenvalue weighted by molar-refractivity contribution is 6.99. The number of nitrogens with zero attached hydrogens (tertiary/aromatic N) is 3. The summed E-state index contributed by atoms with van der Waals surface area (Å²) in [6.45, 7) is 0.776. The van der Waals surface area contributed by atoms with E-state index in [1.165, 1.54) is 6.42 Å². The van der Waals surface area contributed by atoms with E-state index in [1.54, 1.807) is 6.07 Å². The van der Waals surface area contributed by atoms with Crippen LogP contribution in [0.4, 0.5) is 0 Å². The van der Waals surface area contributed by atoms with Crippen molar-refractivity contribution < 1.29 is 14.1 Å². The molecule has 0 spiro atoms. The minimum atomic E-state index is -0.623. The van der Waals surface area contributed by atoms with E-state index in [2.05, 4.69) is 8.75 Å². The van der Waals surface area contributed by atoms with Crippen molar-refractivity contribution in [1.29, 1.82) is 0 Å². The number of benzene rings is 1. The van der Waals surface area contributed by atoms with Crippen molar-refractivity contribution >= 4 is 46.7 Å². The van der Waals surface area contributed by atoms with Crippen molar-refractivity contribution in [1.82, 2.24) is 8.75 Å². The lowest BCUT2D eigenvalue weighted by molar-refractivity contribution is -0.871. The number of carbonyl (C=O) groups excluding carboxylic acids is 2. The van der Waals surface area contributed by atoms with Gasteiger partial charge in [0.15, 0.2) is 11.2 Å². The Kier molecular flexibility index (Phi) is 7.17. The number of rotatable bonds is 6. The summed E-state index contributed by atoms with van der Waals surface area (Å²) in [6, 6.07) is 4.15. The van der Waals surface area contributed by atoms with Crippen LogP contribution in [-0.4, -0.2) is 43.7 Å². The molecule has 1 unspecified atom stereocenters. The van der Waals surface area contributed by atoms with Gasteiger partial charge in [-0.25, -0.2) is 9.28 Å². The summed E-state index contributed by atoms with van der Waals surface area (Å²) in [5, 5.41) is 0.822. The van der Waals surface area contributed by atoms with Crippen LogP contribution in [0, 0.1) is 5.92 Å². The van der Waals surface area contributed by atoms with Crippen molar-refractivity contribution in [2.75, 3.05) is 6.54 Å². The number of likely N-dealkylation sites (tertiary alicyclic amines) is 1. The largest absolute Gasteiger partial charge is 0.364 e. The van der Waals surface area contributed by atoms with Gasteiger partial charge < -0.3 is 11.5 Å². The Hall–Kier alpha value is -1.58. The standard InChI is InChI=1S/C22H27Cl2N5O2S/c23-15-8-9-16(19-20(24)28-32-27-19)14(11-15)12-29(10-4-7-17(29)21(26)30)22(31)18(25)13-5-2-1-3-6-13/h8-9,11,13,17-18H,1-7,10,12,25H2,(H-,26,30)/p+1/t17-,18+,29?/m0/s1. The molecule has 0 radical (unpaired) electrons. The Morgan fingerprint density at radius 3 is 2.53 bits per heavy atom. The van der Waals surface area contributed by atoms with E-state index in [0.717, 1.165) is 55.0 Å². The van der Waals surface area contributed by atoms with Gasteiger partial charge >= 0.3 is 5.91 Å². The first-order valence-electron chi connectivity index (χ1n) is 11.1. The summed E-state index contributed by atoms with van der Waals surface area (Å²) in [4.78, 5) is 26.5. The van der Waals surface area contributed by atoms with E-state index in [1.807, 2.05) is 12.1 Å². The number of amides is 2. The summed E-state index contributed by atoms with van der Waals surface area (Å²) in [5.41, 5.74) is 14.5. The van der Waals surface area contributed by atoms with Gasteiger partial charge in [0.05, 0.1) is 18.3 Å². The normalized spacial score (nSPS) is 25.0. The molecule has 2 heterocycles. The van der Waals surface area contributed by atoms with E-state index in [0.29, 0.717) is 28.8 Å². The Morgan fingerprint density at radius 2 is 1.88 bits per heavy atom. The van der Waals surface area contributed by atoms with Gasteiger partial charge in [0.1, 0.15) is 18.3 Å². The molecule has 1 saturated heterocycles. The average molecular weight is 497 g/mol. The lowest BCUT2D eigenvalue weighted by Gasteiger charge is -2.40. The SMILES string of the molecule is NC(=O)[C@@H]1CCC[N+]1(Cc1cc(Cl)ccc1-c1nsnc1Cl)C(=O)[C@H](N)C1CCCCC1. The molecule has 2 aliphatic rings. The first-order chi connectivity index (χ1) is 15.3.